The van der Waals surface area contributed by atoms with E-state index in [2.05, 4.69) is 15.9 Å². The Hall–Kier alpha value is -1.56. The van der Waals surface area contributed by atoms with Crippen LogP contribution in [0.4, 0.5) is 5.69 Å². The maximum absolute atomic E-state index is 12.5. The second-order valence-corrected chi connectivity index (χ2v) is 5.82. The molecular weight excluding hydrogens is 324 g/mol. The van der Waals surface area contributed by atoms with Crippen LogP contribution in [0.5, 0.6) is 0 Å². The first kappa shape index (κ1) is 14.8. The number of carbonyl (C=O) groups is 2. The van der Waals surface area contributed by atoms with E-state index in [0.717, 1.165) is 0 Å². The van der Waals surface area contributed by atoms with E-state index in [9.17, 15) is 9.59 Å². The number of amides is 1. The highest BCUT2D eigenvalue weighted by atomic mass is 79.9. The smallest absolute Gasteiger partial charge is 0.310 e. The van der Waals surface area contributed by atoms with Crippen LogP contribution < -0.4 is 5.73 Å². The highest BCUT2D eigenvalue weighted by Gasteiger charge is 2.38. The van der Waals surface area contributed by atoms with Gasteiger partial charge in [0, 0.05) is 18.8 Å². The van der Waals surface area contributed by atoms with Crippen LogP contribution in [-0.2, 0) is 9.53 Å². The Morgan fingerprint density at radius 3 is 2.75 bits per heavy atom. The fraction of sp³-hybridized carbons (Fsp3) is 0.429. The van der Waals surface area contributed by atoms with Crippen molar-refractivity contribution in [2.24, 2.45) is 11.8 Å². The van der Waals surface area contributed by atoms with Crippen molar-refractivity contribution < 1.29 is 14.3 Å². The Morgan fingerprint density at radius 1 is 1.40 bits per heavy atom. The van der Waals surface area contributed by atoms with Crippen molar-refractivity contribution in [1.29, 1.82) is 0 Å². The fourth-order valence-electron chi connectivity index (χ4n) is 2.48. The summed E-state index contributed by atoms with van der Waals surface area (Å²) in [5.41, 5.74) is 6.83. The van der Waals surface area contributed by atoms with E-state index in [-0.39, 0.29) is 23.7 Å². The lowest BCUT2D eigenvalue weighted by atomic mass is 9.99. The number of nitrogens with two attached hydrogens (primary N) is 1. The molecule has 0 saturated carbocycles. The molecule has 0 spiro atoms. The molecule has 1 amide bonds. The summed E-state index contributed by atoms with van der Waals surface area (Å²) in [6.07, 6.45) is 0. The molecule has 1 aliphatic rings. The van der Waals surface area contributed by atoms with Gasteiger partial charge in [-0.05, 0) is 34.0 Å². The highest BCUT2D eigenvalue weighted by molar-refractivity contribution is 9.10. The van der Waals surface area contributed by atoms with Crippen LogP contribution in [-0.4, -0.2) is 37.0 Å². The number of ether oxygens (including phenoxy) is 1. The van der Waals surface area contributed by atoms with Crippen LogP contribution in [0.3, 0.4) is 0 Å². The minimum Gasteiger partial charge on any atom is -0.469 e. The maximum atomic E-state index is 12.5. The number of carbonyl (C=O) groups excluding carboxylic acids is 2. The van der Waals surface area contributed by atoms with Gasteiger partial charge in [0.05, 0.1) is 23.1 Å². The van der Waals surface area contributed by atoms with Crippen LogP contribution in [0, 0.1) is 11.8 Å². The number of benzene rings is 1. The van der Waals surface area contributed by atoms with Gasteiger partial charge in [-0.2, -0.15) is 0 Å². The molecule has 1 heterocycles. The Kier molecular flexibility index (Phi) is 4.32. The van der Waals surface area contributed by atoms with E-state index in [1.807, 2.05) is 6.92 Å². The number of esters is 1. The quantitative estimate of drug-likeness (QED) is 0.659. The Balaban J connectivity index is 2.19. The van der Waals surface area contributed by atoms with E-state index in [0.29, 0.717) is 28.8 Å². The van der Waals surface area contributed by atoms with Crippen molar-refractivity contribution in [3.8, 4) is 0 Å². The summed E-state index contributed by atoms with van der Waals surface area (Å²) in [5, 5.41) is 0. The number of likely N-dealkylation sites (tertiary alicyclic amines) is 1. The molecule has 1 fully saturated rings. The summed E-state index contributed by atoms with van der Waals surface area (Å²) in [6.45, 7) is 2.87. The summed E-state index contributed by atoms with van der Waals surface area (Å²) in [5.74, 6) is -0.558. The third-order valence-electron chi connectivity index (χ3n) is 3.66. The number of hydrogen-bond donors (Lipinski definition) is 1. The Morgan fingerprint density at radius 2 is 2.10 bits per heavy atom. The predicted molar refractivity (Wildman–Crippen MR) is 79.1 cm³/mol. The van der Waals surface area contributed by atoms with Gasteiger partial charge in [-0.15, -0.1) is 0 Å². The largest absolute Gasteiger partial charge is 0.469 e. The molecule has 2 atom stereocenters. The molecule has 1 aromatic rings. The topological polar surface area (TPSA) is 72.6 Å². The first-order chi connectivity index (χ1) is 9.45. The molecule has 5 nitrogen and oxygen atoms in total. The van der Waals surface area contributed by atoms with Gasteiger partial charge < -0.3 is 15.4 Å². The molecule has 2 rings (SSSR count). The van der Waals surface area contributed by atoms with E-state index < -0.39 is 0 Å². The minimum absolute atomic E-state index is 0.0891. The average Bonchev–Trinajstić information content (AvgIpc) is 2.82. The van der Waals surface area contributed by atoms with Crippen molar-refractivity contribution in [2.75, 3.05) is 25.9 Å². The number of halogens is 1. The van der Waals surface area contributed by atoms with Gasteiger partial charge >= 0.3 is 5.97 Å². The van der Waals surface area contributed by atoms with Gasteiger partial charge in [-0.3, -0.25) is 9.59 Å². The lowest BCUT2D eigenvalue weighted by molar-refractivity contribution is -0.146. The third kappa shape index (κ3) is 2.65. The molecule has 1 aromatic carbocycles. The molecule has 6 heteroatoms. The molecule has 1 aliphatic heterocycles. The average molecular weight is 341 g/mol. The molecule has 0 aliphatic carbocycles. The second-order valence-electron chi connectivity index (χ2n) is 5.03. The molecule has 1 saturated heterocycles. The van der Waals surface area contributed by atoms with Gasteiger partial charge in [0.2, 0.25) is 0 Å². The molecule has 2 N–H and O–H groups in total. The number of nitrogens with zero attached hydrogens (tertiary/aromatic N) is 1. The number of hydrogen-bond acceptors (Lipinski definition) is 4. The molecule has 0 aromatic heterocycles. The summed E-state index contributed by atoms with van der Waals surface area (Å²) in [4.78, 5) is 25.8. The van der Waals surface area contributed by atoms with Crippen LogP contribution in [0.1, 0.15) is 17.3 Å². The van der Waals surface area contributed by atoms with Crippen LogP contribution in [0.25, 0.3) is 0 Å². The lowest BCUT2D eigenvalue weighted by Gasteiger charge is -2.17. The first-order valence-electron chi connectivity index (χ1n) is 6.36. The highest BCUT2D eigenvalue weighted by Crippen LogP contribution is 2.29. The summed E-state index contributed by atoms with van der Waals surface area (Å²) >= 11 is 3.34. The van der Waals surface area contributed by atoms with Crippen molar-refractivity contribution in [2.45, 2.75) is 6.92 Å². The summed E-state index contributed by atoms with van der Waals surface area (Å²) in [6, 6.07) is 5.19. The number of rotatable bonds is 2. The molecule has 0 bridgehead atoms. The SMILES string of the molecule is COC(=O)C1CN(C(=O)c2cccc(N)c2Br)CC1C. The minimum atomic E-state index is -0.264. The van der Waals surface area contributed by atoms with Gasteiger partial charge in [0.25, 0.3) is 5.91 Å². The van der Waals surface area contributed by atoms with Gasteiger partial charge in [-0.1, -0.05) is 13.0 Å². The normalized spacial score (nSPS) is 21.9. The summed E-state index contributed by atoms with van der Waals surface area (Å²) < 4.78 is 5.37. The first-order valence-corrected chi connectivity index (χ1v) is 7.16. The Bertz CT molecular complexity index is 547. The van der Waals surface area contributed by atoms with Crippen LogP contribution in [0.2, 0.25) is 0 Å². The zero-order chi connectivity index (χ0) is 14.9. The number of nitrogen functional groups attached to an aromatic ring is 1. The molecule has 20 heavy (non-hydrogen) atoms. The van der Waals surface area contributed by atoms with Gasteiger partial charge in [-0.25, -0.2) is 0 Å². The fourth-order valence-corrected chi connectivity index (χ4v) is 2.91. The van der Waals surface area contributed by atoms with E-state index in [1.54, 1.807) is 23.1 Å². The maximum Gasteiger partial charge on any atom is 0.310 e. The van der Waals surface area contributed by atoms with E-state index in [1.165, 1.54) is 7.11 Å². The molecule has 0 radical (unpaired) electrons. The van der Waals surface area contributed by atoms with Crippen molar-refractivity contribution in [3.63, 3.8) is 0 Å². The van der Waals surface area contributed by atoms with Gasteiger partial charge in [0.1, 0.15) is 0 Å². The van der Waals surface area contributed by atoms with Crippen LogP contribution >= 0.6 is 15.9 Å². The molecular formula is C14H17BrN2O3. The zero-order valence-corrected chi connectivity index (χ0v) is 13.0. The lowest BCUT2D eigenvalue weighted by Crippen LogP contribution is -2.30. The summed E-state index contributed by atoms with van der Waals surface area (Å²) in [7, 11) is 1.37. The molecule has 2 unspecified atom stereocenters. The molecule has 108 valence electrons. The zero-order valence-electron chi connectivity index (χ0n) is 11.4. The Labute approximate surface area is 126 Å². The van der Waals surface area contributed by atoms with Crippen molar-refractivity contribution in [3.05, 3.63) is 28.2 Å². The standard InChI is InChI=1S/C14H17BrN2O3/c1-8-6-17(7-10(8)14(19)20-2)13(18)9-4-3-5-11(16)12(9)15/h3-5,8,10H,6-7,16H2,1-2H3. The predicted octanol–water partition coefficient (Wildman–Crippen LogP) is 1.91. The van der Waals surface area contributed by atoms with Gasteiger partial charge in [0.15, 0.2) is 0 Å². The number of anilines is 1. The third-order valence-corrected chi connectivity index (χ3v) is 4.55. The van der Waals surface area contributed by atoms with E-state index in [4.69, 9.17) is 10.5 Å². The van der Waals surface area contributed by atoms with E-state index >= 15 is 0 Å². The second kappa shape index (κ2) is 5.83. The van der Waals surface area contributed by atoms with Crippen molar-refractivity contribution >= 4 is 33.5 Å². The number of methoxy groups -OCH3 is 1. The van der Waals surface area contributed by atoms with Crippen molar-refractivity contribution in [1.82, 2.24) is 4.90 Å². The monoisotopic (exact) mass is 340 g/mol. The van der Waals surface area contributed by atoms with Crippen LogP contribution in [0.15, 0.2) is 22.7 Å².